The topological polar surface area (TPSA) is 46.6 Å². The molecule has 0 N–H and O–H groups in total. The van der Waals surface area contributed by atoms with Gasteiger partial charge in [0.05, 0.1) is 6.42 Å². The summed E-state index contributed by atoms with van der Waals surface area (Å²) in [5.41, 5.74) is 0.877. The molecule has 1 aromatic rings. The van der Waals surface area contributed by atoms with E-state index >= 15 is 0 Å². The summed E-state index contributed by atoms with van der Waals surface area (Å²) in [6, 6.07) is 6.07. The molecule has 0 saturated heterocycles. The minimum Gasteiger partial charge on any atom is -0.456 e. The molecule has 0 aliphatic heterocycles. The highest BCUT2D eigenvalue weighted by Crippen LogP contribution is 2.18. The zero-order chi connectivity index (χ0) is 17.2. The van der Waals surface area contributed by atoms with E-state index in [1.54, 1.807) is 17.0 Å². The van der Waals surface area contributed by atoms with Crippen molar-refractivity contribution >= 4 is 23.6 Å². The molecule has 126 valence electrons. The van der Waals surface area contributed by atoms with E-state index in [2.05, 4.69) is 6.58 Å². The smallest absolute Gasteiger partial charge is 0.307 e. The molecule has 1 rings (SSSR count). The van der Waals surface area contributed by atoms with Crippen molar-refractivity contribution in [2.75, 3.05) is 25.4 Å². The van der Waals surface area contributed by atoms with Crippen molar-refractivity contribution in [2.45, 2.75) is 25.2 Å². The van der Waals surface area contributed by atoms with Crippen LogP contribution in [0, 0.1) is 5.82 Å². The van der Waals surface area contributed by atoms with E-state index in [-0.39, 0.29) is 24.8 Å². The number of carbonyl (C=O) groups excluding carboxylic acids is 2. The molecule has 0 aliphatic rings. The fourth-order valence-electron chi connectivity index (χ4n) is 1.79. The van der Waals surface area contributed by atoms with Gasteiger partial charge in [-0.25, -0.2) is 4.39 Å². The van der Waals surface area contributed by atoms with Crippen LogP contribution in [0.25, 0.3) is 0 Å². The quantitative estimate of drug-likeness (QED) is 0.393. The Labute approximate surface area is 140 Å². The minimum absolute atomic E-state index is 0.196. The number of ether oxygens (including phenoxy) is 1. The Morgan fingerprint density at radius 1 is 1.30 bits per heavy atom. The van der Waals surface area contributed by atoms with E-state index in [1.165, 1.54) is 23.9 Å². The minimum atomic E-state index is -0.417. The number of rotatable bonds is 9. The summed E-state index contributed by atoms with van der Waals surface area (Å²) in [4.78, 5) is 26.0. The van der Waals surface area contributed by atoms with Crippen molar-refractivity contribution in [1.82, 2.24) is 4.90 Å². The molecule has 1 amide bonds. The highest BCUT2D eigenvalue weighted by molar-refractivity contribution is 7.99. The maximum atomic E-state index is 12.8. The third kappa shape index (κ3) is 7.83. The lowest BCUT2D eigenvalue weighted by atomic mass is 10.3. The molecular formula is C17H22FNO3S. The van der Waals surface area contributed by atoms with Gasteiger partial charge in [-0.15, -0.1) is 11.8 Å². The van der Waals surface area contributed by atoms with E-state index in [0.29, 0.717) is 18.8 Å². The van der Waals surface area contributed by atoms with Gasteiger partial charge in [0, 0.05) is 23.7 Å². The van der Waals surface area contributed by atoms with Gasteiger partial charge < -0.3 is 9.64 Å². The van der Waals surface area contributed by atoms with Gasteiger partial charge in [-0.3, -0.25) is 9.59 Å². The summed E-state index contributed by atoms with van der Waals surface area (Å²) >= 11 is 1.44. The number of benzene rings is 1. The van der Waals surface area contributed by atoms with Crippen molar-refractivity contribution in [2.24, 2.45) is 0 Å². The number of amides is 1. The molecule has 6 heteroatoms. The second-order valence-corrected chi connectivity index (χ2v) is 6.25. The van der Waals surface area contributed by atoms with Crippen LogP contribution in [0.3, 0.4) is 0 Å². The van der Waals surface area contributed by atoms with Crippen LogP contribution in [0.2, 0.25) is 0 Å². The SMILES string of the molecule is C=C(C)CN(CC)C(=O)COC(=O)CCSc1ccc(F)cc1. The van der Waals surface area contributed by atoms with Gasteiger partial charge in [0.15, 0.2) is 6.61 Å². The maximum Gasteiger partial charge on any atom is 0.307 e. The Morgan fingerprint density at radius 3 is 2.52 bits per heavy atom. The third-order valence-corrected chi connectivity index (χ3v) is 3.95. The van der Waals surface area contributed by atoms with Crippen molar-refractivity contribution in [1.29, 1.82) is 0 Å². The van der Waals surface area contributed by atoms with Crippen LogP contribution < -0.4 is 0 Å². The van der Waals surface area contributed by atoms with Gasteiger partial charge >= 0.3 is 5.97 Å². The molecule has 0 spiro atoms. The van der Waals surface area contributed by atoms with Crippen LogP contribution in [-0.2, 0) is 14.3 Å². The highest BCUT2D eigenvalue weighted by atomic mass is 32.2. The Balaban J connectivity index is 2.26. The number of esters is 1. The van der Waals surface area contributed by atoms with Crippen molar-refractivity contribution < 1.29 is 18.7 Å². The lowest BCUT2D eigenvalue weighted by molar-refractivity contribution is -0.151. The molecule has 0 aliphatic carbocycles. The lowest BCUT2D eigenvalue weighted by Crippen LogP contribution is -2.35. The van der Waals surface area contributed by atoms with Crippen LogP contribution in [0.15, 0.2) is 41.3 Å². The van der Waals surface area contributed by atoms with Crippen LogP contribution in [0.4, 0.5) is 4.39 Å². The normalized spacial score (nSPS) is 10.2. The average Bonchev–Trinajstić information content (AvgIpc) is 2.52. The fourth-order valence-corrected chi connectivity index (χ4v) is 2.62. The molecule has 0 radical (unpaired) electrons. The first-order valence-corrected chi connectivity index (χ1v) is 8.37. The van der Waals surface area contributed by atoms with Gasteiger partial charge in [0.2, 0.25) is 0 Å². The zero-order valence-electron chi connectivity index (χ0n) is 13.5. The predicted molar refractivity (Wildman–Crippen MR) is 89.8 cm³/mol. The van der Waals surface area contributed by atoms with Crippen molar-refractivity contribution in [3.63, 3.8) is 0 Å². The monoisotopic (exact) mass is 339 g/mol. The predicted octanol–water partition coefficient (Wildman–Crippen LogP) is 3.28. The Morgan fingerprint density at radius 2 is 1.96 bits per heavy atom. The zero-order valence-corrected chi connectivity index (χ0v) is 14.3. The molecule has 0 aromatic heterocycles. The van der Waals surface area contributed by atoms with E-state index in [0.717, 1.165) is 10.5 Å². The summed E-state index contributed by atoms with van der Waals surface area (Å²) in [5.74, 6) is -0.418. The third-order valence-electron chi connectivity index (χ3n) is 2.94. The van der Waals surface area contributed by atoms with Crippen LogP contribution in [-0.4, -0.2) is 42.2 Å². The Bertz CT molecular complexity index is 545. The van der Waals surface area contributed by atoms with Crippen LogP contribution in [0.1, 0.15) is 20.3 Å². The molecule has 0 saturated carbocycles. The highest BCUT2D eigenvalue weighted by Gasteiger charge is 2.14. The first-order valence-electron chi connectivity index (χ1n) is 7.38. The maximum absolute atomic E-state index is 12.8. The Kier molecular flexibility index (Phi) is 8.40. The van der Waals surface area contributed by atoms with E-state index in [4.69, 9.17) is 4.74 Å². The summed E-state index contributed by atoms with van der Waals surface area (Å²) in [6.45, 7) is 8.23. The second kappa shape index (κ2) is 10.0. The van der Waals surface area contributed by atoms with E-state index in [9.17, 15) is 14.0 Å². The number of nitrogens with zero attached hydrogens (tertiary/aromatic N) is 1. The van der Waals surface area contributed by atoms with Gasteiger partial charge in [0.1, 0.15) is 5.82 Å². The fraction of sp³-hybridized carbons (Fsp3) is 0.412. The lowest BCUT2D eigenvalue weighted by Gasteiger charge is -2.20. The van der Waals surface area contributed by atoms with Crippen molar-refractivity contribution in [3.05, 3.63) is 42.2 Å². The van der Waals surface area contributed by atoms with Gasteiger partial charge in [-0.1, -0.05) is 12.2 Å². The average molecular weight is 339 g/mol. The van der Waals surface area contributed by atoms with Crippen LogP contribution in [0.5, 0.6) is 0 Å². The first-order chi connectivity index (χ1) is 10.9. The molecule has 0 atom stereocenters. The van der Waals surface area contributed by atoms with Gasteiger partial charge in [-0.2, -0.15) is 0 Å². The van der Waals surface area contributed by atoms with Gasteiger partial charge in [0.25, 0.3) is 5.91 Å². The first kappa shape index (κ1) is 19.2. The second-order valence-electron chi connectivity index (χ2n) is 5.08. The number of hydrogen-bond acceptors (Lipinski definition) is 4. The summed E-state index contributed by atoms with van der Waals surface area (Å²) in [6.07, 6.45) is 0.196. The summed E-state index contributed by atoms with van der Waals surface area (Å²) < 4.78 is 17.8. The number of thioether (sulfide) groups is 1. The van der Waals surface area contributed by atoms with Gasteiger partial charge in [-0.05, 0) is 38.1 Å². The molecule has 0 bridgehead atoms. The van der Waals surface area contributed by atoms with Crippen molar-refractivity contribution in [3.8, 4) is 0 Å². The Hall–Kier alpha value is -1.82. The number of hydrogen-bond donors (Lipinski definition) is 0. The molecule has 0 unspecified atom stereocenters. The standard InChI is InChI=1S/C17H22FNO3S/c1-4-19(11-13(2)3)16(20)12-22-17(21)9-10-23-15-7-5-14(18)6-8-15/h5-8H,2,4,9-12H2,1,3H3. The molecule has 0 heterocycles. The molecule has 23 heavy (non-hydrogen) atoms. The number of halogens is 1. The summed E-state index contributed by atoms with van der Waals surface area (Å²) in [7, 11) is 0. The molecule has 1 aromatic carbocycles. The molecule has 4 nitrogen and oxygen atoms in total. The molecule has 0 fully saturated rings. The number of likely N-dealkylation sites (N-methyl/N-ethyl adjacent to an activating group) is 1. The van der Waals surface area contributed by atoms with E-state index in [1.807, 2.05) is 13.8 Å². The summed E-state index contributed by atoms with van der Waals surface area (Å²) in [5, 5.41) is 0. The number of carbonyl (C=O) groups is 2. The van der Waals surface area contributed by atoms with E-state index < -0.39 is 5.97 Å². The molecular weight excluding hydrogens is 317 g/mol. The van der Waals surface area contributed by atoms with Crippen LogP contribution >= 0.6 is 11.8 Å². The largest absolute Gasteiger partial charge is 0.456 e.